The highest BCUT2D eigenvalue weighted by Gasteiger charge is 2.20. The van der Waals surface area contributed by atoms with Crippen molar-refractivity contribution in [2.24, 2.45) is 5.73 Å². The molecule has 1 aromatic rings. The van der Waals surface area contributed by atoms with E-state index in [-0.39, 0.29) is 18.1 Å². The number of pyridine rings is 1. The van der Waals surface area contributed by atoms with Gasteiger partial charge in [-0.15, -0.1) is 0 Å². The molecular weight excluding hydrogens is 196 g/mol. The fraction of sp³-hybridized carbons (Fsp3) is 0.444. The van der Waals surface area contributed by atoms with Gasteiger partial charge in [0.1, 0.15) is 11.9 Å². The number of aliphatic hydroxyl groups excluding tert-OH is 2. The number of hydrogen-bond donors (Lipinski definition) is 5. The number of hydrogen-bond acceptors (Lipinski definition) is 6. The fourth-order valence-corrected chi connectivity index (χ4v) is 1.29. The van der Waals surface area contributed by atoms with Gasteiger partial charge >= 0.3 is 0 Å². The van der Waals surface area contributed by atoms with Gasteiger partial charge in [-0.3, -0.25) is 0 Å². The Bertz CT molecular complexity index is 356. The summed E-state index contributed by atoms with van der Waals surface area (Å²) in [5.74, 6) is 0.214. The predicted octanol–water partition coefficient (Wildman–Crippen LogP) is -1.09. The van der Waals surface area contributed by atoms with E-state index in [0.717, 1.165) is 0 Å². The maximum atomic E-state index is 9.72. The molecule has 0 saturated heterocycles. The second-order valence-corrected chi connectivity index (χ2v) is 3.39. The molecule has 84 valence electrons. The Morgan fingerprint density at radius 2 is 2.00 bits per heavy atom. The molecule has 0 aliphatic rings. The SMILES string of the molecule is Cc1nc(N)c(N)cc1C(O)C(O)CN. The second kappa shape index (κ2) is 4.43. The molecule has 0 spiro atoms. The Hall–Kier alpha value is -1.37. The molecular formula is C9H16N4O2. The monoisotopic (exact) mass is 212 g/mol. The zero-order valence-electron chi connectivity index (χ0n) is 8.51. The van der Waals surface area contributed by atoms with Crippen LogP contribution in [-0.2, 0) is 0 Å². The zero-order valence-corrected chi connectivity index (χ0v) is 8.51. The number of nitrogen functional groups attached to an aromatic ring is 2. The highest BCUT2D eigenvalue weighted by atomic mass is 16.3. The Balaban J connectivity index is 3.09. The maximum absolute atomic E-state index is 9.72. The Kier molecular flexibility index (Phi) is 3.46. The summed E-state index contributed by atoms with van der Waals surface area (Å²) in [5, 5.41) is 19.1. The maximum Gasteiger partial charge on any atom is 0.146 e. The number of nitrogens with two attached hydrogens (primary N) is 3. The van der Waals surface area contributed by atoms with Crippen LogP contribution in [0, 0.1) is 6.92 Å². The molecule has 6 nitrogen and oxygen atoms in total. The number of rotatable bonds is 3. The van der Waals surface area contributed by atoms with Gasteiger partial charge in [0.25, 0.3) is 0 Å². The lowest BCUT2D eigenvalue weighted by Crippen LogP contribution is -2.28. The third-order valence-corrected chi connectivity index (χ3v) is 2.24. The molecule has 0 amide bonds. The molecule has 0 aliphatic carbocycles. The first kappa shape index (κ1) is 11.7. The standard InChI is InChI=1S/C9H16N4O2/c1-4-5(8(15)7(14)3-10)2-6(11)9(12)13-4/h2,7-8,14-15H,3,10-11H2,1H3,(H2,12,13). The van der Waals surface area contributed by atoms with E-state index < -0.39 is 12.2 Å². The highest BCUT2D eigenvalue weighted by Crippen LogP contribution is 2.24. The molecule has 0 bridgehead atoms. The van der Waals surface area contributed by atoms with Crippen molar-refractivity contribution in [3.63, 3.8) is 0 Å². The van der Waals surface area contributed by atoms with Gasteiger partial charge in [-0.25, -0.2) is 4.98 Å². The summed E-state index contributed by atoms with van der Waals surface area (Å²) in [6, 6.07) is 1.50. The van der Waals surface area contributed by atoms with Crippen molar-refractivity contribution in [2.45, 2.75) is 19.1 Å². The third kappa shape index (κ3) is 2.35. The van der Waals surface area contributed by atoms with Crippen LogP contribution in [-0.4, -0.2) is 27.8 Å². The van der Waals surface area contributed by atoms with Gasteiger partial charge in [0.05, 0.1) is 11.8 Å². The van der Waals surface area contributed by atoms with E-state index in [1.165, 1.54) is 6.07 Å². The smallest absolute Gasteiger partial charge is 0.146 e. The molecule has 0 fully saturated rings. The minimum atomic E-state index is -1.09. The normalized spacial score (nSPS) is 14.9. The number of aromatic nitrogens is 1. The number of nitrogens with zero attached hydrogens (tertiary/aromatic N) is 1. The summed E-state index contributed by atoms with van der Waals surface area (Å²) in [7, 11) is 0. The average molecular weight is 212 g/mol. The summed E-state index contributed by atoms with van der Waals surface area (Å²) in [6.45, 7) is 1.64. The summed E-state index contributed by atoms with van der Waals surface area (Å²) >= 11 is 0. The lowest BCUT2D eigenvalue weighted by molar-refractivity contribution is 0.0238. The molecule has 0 aliphatic heterocycles. The van der Waals surface area contributed by atoms with Crippen LogP contribution in [0.1, 0.15) is 17.4 Å². The van der Waals surface area contributed by atoms with E-state index in [2.05, 4.69) is 4.98 Å². The van der Waals surface area contributed by atoms with E-state index in [1.54, 1.807) is 6.92 Å². The molecule has 0 saturated carbocycles. The summed E-state index contributed by atoms with van der Waals surface area (Å²) in [4.78, 5) is 3.95. The summed E-state index contributed by atoms with van der Waals surface area (Å²) in [6.07, 6.45) is -2.13. The molecule has 2 unspecified atom stereocenters. The van der Waals surface area contributed by atoms with Crippen molar-refractivity contribution < 1.29 is 10.2 Å². The summed E-state index contributed by atoms with van der Waals surface area (Å²) < 4.78 is 0. The van der Waals surface area contributed by atoms with Crippen LogP contribution in [0.2, 0.25) is 0 Å². The Morgan fingerprint density at radius 1 is 1.40 bits per heavy atom. The number of anilines is 2. The van der Waals surface area contributed by atoms with Gasteiger partial charge in [0, 0.05) is 17.8 Å². The predicted molar refractivity (Wildman–Crippen MR) is 57.8 cm³/mol. The van der Waals surface area contributed by atoms with Crippen molar-refractivity contribution in [1.82, 2.24) is 4.98 Å². The first-order chi connectivity index (χ1) is 6.97. The molecule has 1 heterocycles. The lowest BCUT2D eigenvalue weighted by Gasteiger charge is -2.18. The first-order valence-corrected chi connectivity index (χ1v) is 4.56. The van der Waals surface area contributed by atoms with Crippen molar-refractivity contribution >= 4 is 11.5 Å². The van der Waals surface area contributed by atoms with Crippen molar-refractivity contribution in [2.75, 3.05) is 18.0 Å². The molecule has 15 heavy (non-hydrogen) atoms. The fourth-order valence-electron chi connectivity index (χ4n) is 1.29. The molecule has 1 rings (SSSR count). The molecule has 6 heteroatoms. The number of aryl methyl sites for hydroxylation is 1. The Labute approximate surface area is 87.7 Å². The van der Waals surface area contributed by atoms with Crippen LogP contribution in [0.4, 0.5) is 11.5 Å². The second-order valence-electron chi connectivity index (χ2n) is 3.39. The minimum Gasteiger partial charge on any atom is -0.396 e. The van der Waals surface area contributed by atoms with Crippen LogP contribution >= 0.6 is 0 Å². The topological polar surface area (TPSA) is 131 Å². The van der Waals surface area contributed by atoms with Gasteiger partial charge in [-0.05, 0) is 13.0 Å². The third-order valence-electron chi connectivity index (χ3n) is 2.24. The zero-order chi connectivity index (χ0) is 11.6. The van der Waals surface area contributed by atoms with Gasteiger partial charge in [0.15, 0.2) is 0 Å². The quantitative estimate of drug-likeness (QED) is 0.432. The van der Waals surface area contributed by atoms with E-state index >= 15 is 0 Å². The van der Waals surface area contributed by atoms with Gasteiger partial charge in [-0.2, -0.15) is 0 Å². The Morgan fingerprint density at radius 3 is 2.53 bits per heavy atom. The van der Waals surface area contributed by atoms with Gasteiger partial charge < -0.3 is 27.4 Å². The molecule has 8 N–H and O–H groups in total. The average Bonchev–Trinajstić information content (AvgIpc) is 2.21. The summed E-state index contributed by atoms with van der Waals surface area (Å²) in [5.41, 5.74) is 17.5. The van der Waals surface area contributed by atoms with E-state index in [0.29, 0.717) is 11.3 Å². The largest absolute Gasteiger partial charge is 0.396 e. The van der Waals surface area contributed by atoms with E-state index in [9.17, 15) is 10.2 Å². The lowest BCUT2D eigenvalue weighted by atomic mass is 10.0. The van der Waals surface area contributed by atoms with Gasteiger partial charge in [-0.1, -0.05) is 0 Å². The van der Waals surface area contributed by atoms with Crippen LogP contribution in [0.5, 0.6) is 0 Å². The van der Waals surface area contributed by atoms with E-state index in [4.69, 9.17) is 17.2 Å². The number of aliphatic hydroxyl groups is 2. The molecule has 0 radical (unpaired) electrons. The van der Waals surface area contributed by atoms with E-state index in [1.807, 2.05) is 0 Å². The highest BCUT2D eigenvalue weighted by molar-refractivity contribution is 5.60. The van der Waals surface area contributed by atoms with Crippen LogP contribution in [0.3, 0.4) is 0 Å². The molecule has 1 aromatic heterocycles. The molecule has 2 atom stereocenters. The van der Waals surface area contributed by atoms with Crippen LogP contribution < -0.4 is 17.2 Å². The molecule has 0 aromatic carbocycles. The van der Waals surface area contributed by atoms with Gasteiger partial charge in [0.2, 0.25) is 0 Å². The van der Waals surface area contributed by atoms with Crippen molar-refractivity contribution in [3.8, 4) is 0 Å². The van der Waals surface area contributed by atoms with Crippen LogP contribution in [0.15, 0.2) is 6.07 Å². The minimum absolute atomic E-state index is 0.0368. The van der Waals surface area contributed by atoms with Crippen molar-refractivity contribution in [1.29, 1.82) is 0 Å². The first-order valence-electron chi connectivity index (χ1n) is 4.56. The van der Waals surface area contributed by atoms with Crippen molar-refractivity contribution in [3.05, 3.63) is 17.3 Å². The van der Waals surface area contributed by atoms with Crippen LogP contribution in [0.25, 0.3) is 0 Å².